The van der Waals surface area contributed by atoms with Gasteiger partial charge in [0.1, 0.15) is 5.82 Å². The van der Waals surface area contributed by atoms with Crippen molar-refractivity contribution in [3.63, 3.8) is 0 Å². The van der Waals surface area contributed by atoms with Crippen LogP contribution in [0.15, 0.2) is 53.7 Å². The van der Waals surface area contributed by atoms with Gasteiger partial charge in [-0.05, 0) is 36.6 Å². The SMILES string of the molecule is CCNC(=NCC(C)(C)c1ccc(CC)cc1)NCCc1nnc2ccccn12.I. The Hall–Kier alpha value is -2.16. The summed E-state index contributed by atoms with van der Waals surface area (Å²) in [7, 11) is 0. The monoisotopic (exact) mass is 520 g/mol. The summed E-state index contributed by atoms with van der Waals surface area (Å²) in [6.07, 6.45) is 3.84. The number of hydrogen-bond acceptors (Lipinski definition) is 3. The number of hydrogen-bond donors (Lipinski definition) is 2. The number of halogens is 1. The maximum absolute atomic E-state index is 4.84. The largest absolute Gasteiger partial charge is 0.357 e. The van der Waals surface area contributed by atoms with Gasteiger partial charge < -0.3 is 10.6 Å². The lowest BCUT2D eigenvalue weighted by Gasteiger charge is -2.24. The average molecular weight is 520 g/mol. The van der Waals surface area contributed by atoms with E-state index in [0.29, 0.717) is 6.54 Å². The topological polar surface area (TPSA) is 66.6 Å². The van der Waals surface area contributed by atoms with Gasteiger partial charge in [0.2, 0.25) is 0 Å². The van der Waals surface area contributed by atoms with Crippen LogP contribution < -0.4 is 10.6 Å². The first kappa shape index (κ1) is 24.1. The number of guanidine groups is 1. The second kappa shape index (κ2) is 11.3. The molecule has 30 heavy (non-hydrogen) atoms. The van der Waals surface area contributed by atoms with Gasteiger partial charge >= 0.3 is 0 Å². The van der Waals surface area contributed by atoms with Crippen molar-refractivity contribution >= 4 is 35.6 Å². The molecule has 0 aliphatic carbocycles. The fourth-order valence-electron chi connectivity index (χ4n) is 3.26. The smallest absolute Gasteiger partial charge is 0.191 e. The Morgan fingerprint density at radius 1 is 1.03 bits per heavy atom. The zero-order chi connectivity index (χ0) is 20.7. The third-order valence-corrected chi connectivity index (χ3v) is 5.15. The Balaban J connectivity index is 0.00000320. The zero-order valence-corrected chi connectivity index (χ0v) is 20.7. The van der Waals surface area contributed by atoms with Gasteiger partial charge in [-0.15, -0.1) is 34.2 Å². The molecular formula is C23H33IN6. The molecular weight excluding hydrogens is 487 g/mol. The van der Waals surface area contributed by atoms with Crippen LogP contribution in [0.5, 0.6) is 0 Å². The molecule has 162 valence electrons. The molecule has 0 spiro atoms. The number of fused-ring (bicyclic) bond motifs is 1. The van der Waals surface area contributed by atoms with E-state index >= 15 is 0 Å². The molecule has 0 atom stereocenters. The lowest BCUT2D eigenvalue weighted by Crippen LogP contribution is -2.39. The molecule has 2 heterocycles. The van der Waals surface area contributed by atoms with Crippen LogP contribution in [0, 0.1) is 0 Å². The highest BCUT2D eigenvalue weighted by molar-refractivity contribution is 14.0. The van der Waals surface area contributed by atoms with Crippen LogP contribution in [0.4, 0.5) is 0 Å². The number of nitrogens with zero attached hydrogens (tertiary/aromatic N) is 4. The Labute approximate surface area is 196 Å². The minimum atomic E-state index is -0.0299. The van der Waals surface area contributed by atoms with Crippen molar-refractivity contribution in [3.8, 4) is 0 Å². The van der Waals surface area contributed by atoms with E-state index in [4.69, 9.17) is 4.99 Å². The number of aromatic nitrogens is 3. The molecule has 3 aromatic rings. The van der Waals surface area contributed by atoms with Gasteiger partial charge in [-0.25, -0.2) is 0 Å². The zero-order valence-electron chi connectivity index (χ0n) is 18.4. The molecule has 0 unspecified atom stereocenters. The van der Waals surface area contributed by atoms with Gasteiger partial charge in [0.25, 0.3) is 0 Å². The highest BCUT2D eigenvalue weighted by atomic mass is 127. The minimum Gasteiger partial charge on any atom is -0.357 e. The first-order valence-electron chi connectivity index (χ1n) is 10.4. The predicted octanol–water partition coefficient (Wildman–Crippen LogP) is 3.99. The number of benzene rings is 1. The fraction of sp³-hybridized carbons (Fsp3) is 0.435. The van der Waals surface area contributed by atoms with Crippen molar-refractivity contribution in [2.24, 2.45) is 4.99 Å². The van der Waals surface area contributed by atoms with Crippen molar-refractivity contribution in [3.05, 3.63) is 65.6 Å². The van der Waals surface area contributed by atoms with E-state index in [2.05, 4.69) is 72.8 Å². The van der Waals surface area contributed by atoms with E-state index in [9.17, 15) is 0 Å². The van der Waals surface area contributed by atoms with Gasteiger partial charge in [-0.3, -0.25) is 9.39 Å². The van der Waals surface area contributed by atoms with Gasteiger partial charge in [0.15, 0.2) is 11.6 Å². The molecule has 0 fully saturated rings. The molecule has 3 rings (SSSR count). The summed E-state index contributed by atoms with van der Waals surface area (Å²) in [5, 5.41) is 15.3. The Kier molecular flexibility index (Phi) is 9.08. The molecule has 0 radical (unpaired) electrons. The fourth-order valence-corrected chi connectivity index (χ4v) is 3.26. The summed E-state index contributed by atoms with van der Waals surface area (Å²) in [5.74, 6) is 1.78. The van der Waals surface area contributed by atoms with Crippen LogP contribution in [0.3, 0.4) is 0 Å². The summed E-state index contributed by atoms with van der Waals surface area (Å²) in [6.45, 7) is 11.0. The number of rotatable bonds is 8. The summed E-state index contributed by atoms with van der Waals surface area (Å²) in [6, 6.07) is 14.8. The Bertz CT molecular complexity index is 946. The van der Waals surface area contributed by atoms with Crippen molar-refractivity contribution in [1.82, 2.24) is 25.2 Å². The highest BCUT2D eigenvalue weighted by Gasteiger charge is 2.20. The highest BCUT2D eigenvalue weighted by Crippen LogP contribution is 2.24. The van der Waals surface area contributed by atoms with Crippen molar-refractivity contribution < 1.29 is 0 Å². The molecule has 0 aliphatic rings. The summed E-state index contributed by atoms with van der Waals surface area (Å²) in [5.41, 5.74) is 3.52. The molecule has 1 aromatic carbocycles. The number of pyridine rings is 1. The number of aliphatic imine (C=N–C) groups is 1. The van der Waals surface area contributed by atoms with Crippen LogP contribution in [-0.2, 0) is 18.3 Å². The van der Waals surface area contributed by atoms with Crippen molar-refractivity contribution in [2.45, 2.75) is 46.0 Å². The molecule has 0 saturated carbocycles. The predicted molar refractivity (Wildman–Crippen MR) is 135 cm³/mol. The molecule has 2 aromatic heterocycles. The number of nitrogens with one attached hydrogen (secondary N) is 2. The summed E-state index contributed by atoms with van der Waals surface area (Å²) >= 11 is 0. The molecule has 0 aliphatic heterocycles. The van der Waals surface area contributed by atoms with Crippen LogP contribution in [0.1, 0.15) is 44.6 Å². The first-order valence-corrected chi connectivity index (χ1v) is 10.4. The third-order valence-electron chi connectivity index (χ3n) is 5.15. The third kappa shape index (κ3) is 6.17. The van der Waals surface area contributed by atoms with Crippen LogP contribution in [0.25, 0.3) is 5.65 Å². The molecule has 0 amide bonds. The minimum absolute atomic E-state index is 0. The van der Waals surface area contributed by atoms with Gasteiger partial charge in [-0.2, -0.15) is 0 Å². The quantitative estimate of drug-likeness (QED) is 0.268. The standard InChI is InChI=1S/C23H32N6.HI/c1-5-18-10-12-19(13-11-18)23(3,4)17-26-22(24-6-2)25-15-14-21-28-27-20-9-7-8-16-29(20)21;/h7-13,16H,5-6,14-15,17H2,1-4H3,(H2,24,25,26);1H. The maximum atomic E-state index is 4.84. The van der Waals surface area contributed by atoms with E-state index in [1.54, 1.807) is 0 Å². The molecule has 7 heteroatoms. The van der Waals surface area contributed by atoms with Gasteiger partial charge in [0, 0.05) is 31.1 Å². The lowest BCUT2D eigenvalue weighted by molar-refractivity contribution is 0.537. The first-order chi connectivity index (χ1) is 14.0. The van der Waals surface area contributed by atoms with E-state index in [1.807, 2.05) is 28.8 Å². The van der Waals surface area contributed by atoms with Gasteiger partial charge in [-0.1, -0.05) is 51.1 Å². The molecule has 6 nitrogen and oxygen atoms in total. The number of aryl methyl sites for hydroxylation is 1. The maximum Gasteiger partial charge on any atom is 0.191 e. The van der Waals surface area contributed by atoms with E-state index in [-0.39, 0.29) is 29.4 Å². The second-order valence-electron chi connectivity index (χ2n) is 7.85. The molecule has 2 N–H and O–H groups in total. The summed E-state index contributed by atoms with van der Waals surface area (Å²) < 4.78 is 2.02. The Morgan fingerprint density at radius 3 is 2.50 bits per heavy atom. The van der Waals surface area contributed by atoms with E-state index in [0.717, 1.165) is 43.4 Å². The van der Waals surface area contributed by atoms with Crippen LogP contribution >= 0.6 is 24.0 Å². The average Bonchev–Trinajstić information content (AvgIpc) is 3.15. The Morgan fingerprint density at radius 2 is 1.80 bits per heavy atom. The molecule has 0 saturated heterocycles. The van der Waals surface area contributed by atoms with Crippen molar-refractivity contribution in [1.29, 1.82) is 0 Å². The second-order valence-corrected chi connectivity index (χ2v) is 7.85. The van der Waals surface area contributed by atoms with Crippen LogP contribution in [0.2, 0.25) is 0 Å². The van der Waals surface area contributed by atoms with Gasteiger partial charge in [0.05, 0.1) is 6.54 Å². The summed E-state index contributed by atoms with van der Waals surface area (Å²) in [4.78, 5) is 4.84. The lowest BCUT2D eigenvalue weighted by atomic mass is 9.84. The molecule has 0 bridgehead atoms. The van der Waals surface area contributed by atoms with E-state index in [1.165, 1.54) is 11.1 Å². The normalized spacial score (nSPS) is 11.9. The van der Waals surface area contributed by atoms with E-state index < -0.39 is 0 Å². The van der Waals surface area contributed by atoms with Crippen molar-refractivity contribution in [2.75, 3.05) is 19.6 Å². The van der Waals surface area contributed by atoms with Crippen LogP contribution in [-0.4, -0.2) is 40.2 Å².